The summed E-state index contributed by atoms with van der Waals surface area (Å²) in [5.41, 5.74) is 0.218. The van der Waals surface area contributed by atoms with E-state index in [-0.39, 0.29) is 17.5 Å². The number of amides is 1. The largest absolute Gasteiger partial charge is 0.336 e. The molecule has 0 saturated carbocycles. The summed E-state index contributed by atoms with van der Waals surface area (Å²) in [6.45, 7) is 1.53. The molecule has 1 N–H and O–H groups in total. The summed E-state index contributed by atoms with van der Waals surface area (Å²) in [6.07, 6.45) is 2.81. The van der Waals surface area contributed by atoms with E-state index < -0.39 is 11.6 Å². The first-order valence-electron chi connectivity index (χ1n) is 6.54. The Balaban J connectivity index is 2.11. The van der Waals surface area contributed by atoms with E-state index in [1.807, 2.05) is 7.05 Å². The molecule has 0 radical (unpaired) electrons. The van der Waals surface area contributed by atoms with Crippen LogP contribution in [0.3, 0.4) is 0 Å². The second kappa shape index (κ2) is 6.10. The van der Waals surface area contributed by atoms with Crippen molar-refractivity contribution in [2.24, 2.45) is 0 Å². The average molecular weight is 268 g/mol. The summed E-state index contributed by atoms with van der Waals surface area (Å²) in [4.78, 5) is 14.1. The average Bonchev–Trinajstić information content (AvgIpc) is 2.87. The van der Waals surface area contributed by atoms with Crippen LogP contribution in [0.1, 0.15) is 29.6 Å². The highest BCUT2D eigenvalue weighted by Gasteiger charge is 2.29. The van der Waals surface area contributed by atoms with E-state index in [9.17, 15) is 13.6 Å². The van der Waals surface area contributed by atoms with Crippen molar-refractivity contribution in [1.29, 1.82) is 0 Å². The Hall–Kier alpha value is -1.49. The summed E-state index contributed by atoms with van der Waals surface area (Å²) in [5, 5.41) is 3.06. The lowest BCUT2D eigenvalue weighted by molar-refractivity contribution is 0.0730. The number of nitrogens with one attached hydrogen (secondary N) is 1. The van der Waals surface area contributed by atoms with Crippen molar-refractivity contribution >= 4 is 5.91 Å². The summed E-state index contributed by atoms with van der Waals surface area (Å²) >= 11 is 0. The fraction of sp³-hybridized carbons (Fsp3) is 0.500. The predicted molar refractivity (Wildman–Crippen MR) is 69.0 cm³/mol. The third kappa shape index (κ3) is 3.10. The van der Waals surface area contributed by atoms with Gasteiger partial charge in [0.25, 0.3) is 5.91 Å². The number of hydrogen-bond donors (Lipinski definition) is 1. The fourth-order valence-corrected chi connectivity index (χ4v) is 2.51. The number of likely N-dealkylation sites (tertiary alicyclic amines) is 1. The van der Waals surface area contributed by atoms with Gasteiger partial charge in [-0.15, -0.1) is 0 Å². The summed E-state index contributed by atoms with van der Waals surface area (Å²) in [7, 11) is 1.87. The van der Waals surface area contributed by atoms with Crippen LogP contribution in [-0.4, -0.2) is 37.0 Å². The lowest BCUT2D eigenvalue weighted by atomic mass is 10.1. The number of rotatable bonds is 4. The molecule has 1 heterocycles. The molecule has 2 rings (SSSR count). The Morgan fingerprint density at radius 3 is 2.89 bits per heavy atom. The van der Waals surface area contributed by atoms with Gasteiger partial charge in [0.05, 0.1) is 0 Å². The first-order chi connectivity index (χ1) is 9.13. The zero-order valence-corrected chi connectivity index (χ0v) is 11.0. The van der Waals surface area contributed by atoms with Gasteiger partial charge in [0.2, 0.25) is 0 Å². The Morgan fingerprint density at radius 1 is 1.42 bits per heavy atom. The summed E-state index contributed by atoms with van der Waals surface area (Å²) in [5.74, 6) is -2.11. The molecule has 3 nitrogen and oxygen atoms in total. The SMILES string of the molecule is CNCCC1CCCN1C(=O)c1ccc(F)c(F)c1. The first-order valence-corrected chi connectivity index (χ1v) is 6.54. The molecular weight excluding hydrogens is 250 g/mol. The Bertz CT molecular complexity index is 465. The maximum absolute atomic E-state index is 13.2. The lowest BCUT2D eigenvalue weighted by Gasteiger charge is -2.24. The quantitative estimate of drug-likeness (QED) is 0.907. The normalized spacial score (nSPS) is 18.9. The highest BCUT2D eigenvalue weighted by molar-refractivity contribution is 5.94. The third-order valence-corrected chi connectivity index (χ3v) is 3.53. The van der Waals surface area contributed by atoms with Crippen molar-refractivity contribution < 1.29 is 13.6 Å². The number of carbonyl (C=O) groups excluding carboxylic acids is 1. The molecule has 1 unspecified atom stereocenters. The van der Waals surface area contributed by atoms with Gasteiger partial charge in [-0.25, -0.2) is 8.78 Å². The van der Waals surface area contributed by atoms with Crippen LogP contribution in [-0.2, 0) is 0 Å². The lowest BCUT2D eigenvalue weighted by Crippen LogP contribution is -2.37. The second-order valence-electron chi connectivity index (χ2n) is 4.82. The Labute approximate surface area is 111 Å². The summed E-state index contributed by atoms with van der Waals surface area (Å²) < 4.78 is 26.0. The molecule has 1 aromatic rings. The third-order valence-electron chi connectivity index (χ3n) is 3.53. The highest BCUT2D eigenvalue weighted by Crippen LogP contribution is 2.22. The molecule has 1 amide bonds. The molecule has 1 saturated heterocycles. The standard InChI is InChI=1S/C14H18F2N2O/c1-17-7-6-11-3-2-8-18(11)14(19)10-4-5-12(15)13(16)9-10/h4-5,9,11,17H,2-3,6-8H2,1H3. The van der Waals surface area contributed by atoms with Crippen molar-refractivity contribution in [2.45, 2.75) is 25.3 Å². The topological polar surface area (TPSA) is 32.3 Å². The number of carbonyl (C=O) groups is 1. The van der Waals surface area contributed by atoms with Gasteiger partial charge in [-0.05, 0) is 51.1 Å². The van der Waals surface area contributed by atoms with Crippen molar-refractivity contribution in [1.82, 2.24) is 10.2 Å². The van der Waals surface area contributed by atoms with Gasteiger partial charge >= 0.3 is 0 Å². The van der Waals surface area contributed by atoms with Gasteiger partial charge in [0.1, 0.15) is 0 Å². The van der Waals surface area contributed by atoms with E-state index >= 15 is 0 Å². The van der Waals surface area contributed by atoms with E-state index in [2.05, 4.69) is 5.32 Å². The van der Waals surface area contributed by atoms with Crippen molar-refractivity contribution in [2.75, 3.05) is 20.1 Å². The summed E-state index contributed by atoms with van der Waals surface area (Å²) in [6, 6.07) is 3.51. The van der Waals surface area contributed by atoms with Crippen LogP contribution in [0.5, 0.6) is 0 Å². The molecule has 0 aliphatic carbocycles. The van der Waals surface area contributed by atoms with Crippen LogP contribution in [0.2, 0.25) is 0 Å². The maximum Gasteiger partial charge on any atom is 0.254 e. The van der Waals surface area contributed by atoms with Gasteiger partial charge in [-0.1, -0.05) is 0 Å². The molecule has 19 heavy (non-hydrogen) atoms. The molecule has 0 bridgehead atoms. The van der Waals surface area contributed by atoms with Gasteiger partial charge in [0.15, 0.2) is 11.6 Å². The fourth-order valence-electron chi connectivity index (χ4n) is 2.51. The van der Waals surface area contributed by atoms with Gasteiger partial charge in [-0.2, -0.15) is 0 Å². The van der Waals surface area contributed by atoms with Crippen LogP contribution >= 0.6 is 0 Å². The van der Waals surface area contributed by atoms with Gasteiger partial charge < -0.3 is 10.2 Å². The minimum absolute atomic E-state index is 0.188. The first kappa shape index (κ1) is 13.9. The molecule has 0 aromatic heterocycles. The molecule has 5 heteroatoms. The Morgan fingerprint density at radius 2 is 2.21 bits per heavy atom. The number of benzene rings is 1. The van der Waals surface area contributed by atoms with E-state index in [1.54, 1.807) is 4.90 Å². The molecule has 1 atom stereocenters. The maximum atomic E-state index is 13.2. The second-order valence-corrected chi connectivity index (χ2v) is 4.82. The van der Waals surface area contributed by atoms with E-state index in [0.29, 0.717) is 6.54 Å². The van der Waals surface area contributed by atoms with Gasteiger partial charge in [0, 0.05) is 18.2 Å². The number of halogens is 2. The minimum Gasteiger partial charge on any atom is -0.336 e. The van der Waals surface area contributed by atoms with Crippen LogP contribution in [0.4, 0.5) is 8.78 Å². The molecule has 0 spiro atoms. The van der Waals surface area contributed by atoms with E-state index in [4.69, 9.17) is 0 Å². The minimum atomic E-state index is -0.975. The van der Waals surface area contributed by atoms with Crippen molar-refractivity contribution in [3.63, 3.8) is 0 Å². The molecular formula is C14H18F2N2O. The molecule has 1 aliphatic rings. The molecule has 1 aromatic carbocycles. The van der Waals surface area contributed by atoms with E-state index in [0.717, 1.165) is 37.9 Å². The molecule has 1 fully saturated rings. The smallest absolute Gasteiger partial charge is 0.254 e. The monoisotopic (exact) mass is 268 g/mol. The molecule has 1 aliphatic heterocycles. The highest BCUT2D eigenvalue weighted by atomic mass is 19.2. The number of nitrogens with zero attached hydrogens (tertiary/aromatic N) is 1. The van der Waals surface area contributed by atoms with Gasteiger partial charge in [-0.3, -0.25) is 4.79 Å². The van der Waals surface area contributed by atoms with Crippen LogP contribution in [0.15, 0.2) is 18.2 Å². The Kier molecular flexibility index (Phi) is 4.47. The van der Waals surface area contributed by atoms with Crippen LogP contribution < -0.4 is 5.32 Å². The predicted octanol–water partition coefficient (Wildman–Crippen LogP) is 2.18. The van der Waals surface area contributed by atoms with Crippen LogP contribution in [0, 0.1) is 11.6 Å². The zero-order valence-electron chi connectivity index (χ0n) is 11.0. The van der Waals surface area contributed by atoms with Crippen molar-refractivity contribution in [3.05, 3.63) is 35.4 Å². The zero-order chi connectivity index (χ0) is 13.8. The van der Waals surface area contributed by atoms with E-state index in [1.165, 1.54) is 6.07 Å². The van der Waals surface area contributed by atoms with Crippen molar-refractivity contribution in [3.8, 4) is 0 Å². The molecule has 104 valence electrons. The van der Waals surface area contributed by atoms with Crippen LogP contribution in [0.25, 0.3) is 0 Å². The number of hydrogen-bond acceptors (Lipinski definition) is 2.